The average molecular weight is 349 g/mol. The van der Waals surface area contributed by atoms with E-state index in [0.717, 1.165) is 23.4 Å². The maximum absolute atomic E-state index is 12.4. The van der Waals surface area contributed by atoms with Crippen molar-refractivity contribution in [3.8, 4) is 0 Å². The summed E-state index contributed by atoms with van der Waals surface area (Å²) in [5, 5.41) is 3.12. The Morgan fingerprint density at radius 2 is 1.77 bits per heavy atom. The fourth-order valence-electron chi connectivity index (χ4n) is 3.03. The molecule has 0 aliphatic carbocycles. The summed E-state index contributed by atoms with van der Waals surface area (Å²) in [6, 6.07) is 16.3. The summed E-state index contributed by atoms with van der Waals surface area (Å²) < 4.78 is 2.21. The van der Waals surface area contributed by atoms with E-state index >= 15 is 0 Å². The Hall–Kier alpha value is -2.62. The number of amides is 1. The molecule has 1 aromatic heterocycles. The molecule has 0 bridgehead atoms. The SMILES string of the molecule is Cc1ccccc1Cn1c([C@@H](C)NC(=O)C(C)(C)C)nc2ccccc21. The zero-order chi connectivity index (χ0) is 18.9. The number of aryl methyl sites for hydroxylation is 1. The number of nitrogens with zero attached hydrogens (tertiary/aromatic N) is 2. The van der Waals surface area contributed by atoms with Crippen LogP contribution >= 0.6 is 0 Å². The van der Waals surface area contributed by atoms with Crippen molar-refractivity contribution in [3.63, 3.8) is 0 Å². The maximum atomic E-state index is 12.4. The van der Waals surface area contributed by atoms with Gasteiger partial charge in [-0.2, -0.15) is 0 Å². The highest BCUT2D eigenvalue weighted by atomic mass is 16.2. The van der Waals surface area contributed by atoms with Crippen molar-refractivity contribution < 1.29 is 4.79 Å². The predicted molar refractivity (Wildman–Crippen MR) is 106 cm³/mol. The molecule has 0 aliphatic heterocycles. The minimum atomic E-state index is -0.429. The first kappa shape index (κ1) is 18.2. The molecule has 3 aromatic rings. The van der Waals surface area contributed by atoms with Gasteiger partial charge >= 0.3 is 0 Å². The molecular formula is C22H27N3O. The molecule has 0 fully saturated rings. The Kier molecular flexibility index (Phi) is 4.86. The molecule has 1 N–H and O–H groups in total. The van der Waals surface area contributed by atoms with Gasteiger partial charge in [0.1, 0.15) is 5.82 Å². The van der Waals surface area contributed by atoms with Gasteiger partial charge in [-0.25, -0.2) is 4.98 Å². The van der Waals surface area contributed by atoms with Gasteiger partial charge in [-0.1, -0.05) is 57.2 Å². The lowest BCUT2D eigenvalue weighted by Crippen LogP contribution is -2.37. The highest BCUT2D eigenvalue weighted by Gasteiger charge is 2.25. The third-order valence-electron chi connectivity index (χ3n) is 4.69. The van der Waals surface area contributed by atoms with E-state index in [1.165, 1.54) is 11.1 Å². The molecule has 136 valence electrons. The predicted octanol–water partition coefficient (Wildman–Crippen LogP) is 4.62. The van der Waals surface area contributed by atoms with E-state index in [1.54, 1.807) is 0 Å². The molecule has 4 nitrogen and oxygen atoms in total. The number of carbonyl (C=O) groups is 1. The minimum Gasteiger partial charge on any atom is -0.346 e. The van der Waals surface area contributed by atoms with E-state index in [1.807, 2.05) is 45.9 Å². The first-order valence-corrected chi connectivity index (χ1v) is 9.08. The summed E-state index contributed by atoms with van der Waals surface area (Å²) >= 11 is 0. The minimum absolute atomic E-state index is 0.0273. The summed E-state index contributed by atoms with van der Waals surface area (Å²) in [7, 11) is 0. The van der Waals surface area contributed by atoms with E-state index in [4.69, 9.17) is 4.98 Å². The van der Waals surface area contributed by atoms with Gasteiger partial charge in [0.05, 0.1) is 17.1 Å². The lowest BCUT2D eigenvalue weighted by molar-refractivity contribution is -0.129. The van der Waals surface area contributed by atoms with Crippen LogP contribution in [0.1, 0.15) is 50.7 Å². The van der Waals surface area contributed by atoms with Crippen LogP contribution < -0.4 is 5.32 Å². The van der Waals surface area contributed by atoms with E-state index in [2.05, 4.69) is 47.1 Å². The summed E-state index contributed by atoms with van der Waals surface area (Å²) in [6.45, 7) is 10.6. The number of para-hydroxylation sites is 2. The number of hydrogen-bond acceptors (Lipinski definition) is 2. The molecule has 1 amide bonds. The fourth-order valence-corrected chi connectivity index (χ4v) is 3.03. The topological polar surface area (TPSA) is 46.9 Å². The Balaban J connectivity index is 2.02. The quantitative estimate of drug-likeness (QED) is 0.747. The first-order valence-electron chi connectivity index (χ1n) is 9.08. The number of carbonyl (C=O) groups excluding carboxylic acids is 1. The van der Waals surface area contributed by atoms with Crippen molar-refractivity contribution in [3.05, 3.63) is 65.5 Å². The van der Waals surface area contributed by atoms with E-state index < -0.39 is 5.41 Å². The normalized spacial score (nSPS) is 13.0. The second-order valence-electron chi connectivity index (χ2n) is 7.92. The van der Waals surface area contributed by atoms with Crippen LogP contribution in [-0.4, -0.2) is 15.5 Å². The van der Waals surface area contributed by atoms with Gasteiger partial charge in [-0.05, 0) is 37.1 Å². The van der Waals surface area contributed by atoms with Crippen molar-refractivity contribution in [1.29, 1.82) is 0 Å². The molecule has 26 heavy (non-hydrogen) atoms. The van der Waals surface area contributed by atoms with Crippen molar-refractivity contribution in [2.24, 2.45) is 5.41 Å². The first-order chi connectivity index (χ1) is 12.3. The van der Waals surface area contributed by atoms with Gasteiger partial charge in [-0.3, -0.25) is 4.79 Å². The molecule has 2 aromatic carbocycles. The monoisotopic (exact) mass is 349 g/mol. The summed E-state index contributed by atoms with van der Waals surface area (Å²) in [4.78, 5) is 17.3. The third kappa shape index (κ3) is 3.64. The van der Waals surface area contributed by atoms with E-state index in [-0.39, 0.29) is 11.9 Å². The van der Waals surface area contributed by atoms with Crippen LogP contribution in [0.2, 0.25) is 0 Å². The molecule has 1 heterocycles. The molecule has 1 atom stereocenters. The fraction of sp³-hybridized carbons (Fsp3) is 0.364. The standard InChI is InChI=1S/C22H27N3O/c1-15-10-6-7-11-17(15)14-25-19-13-9-8-12-18(19)24-20(25)16(2)23-21(26)22(3,4)5/h6-13,16H,14H2,1-5H3,(H,23,26)/t16-/m1/s1. The molecule has 0 saturated carbocycles. The summed E-state index contributed by atoms with van der Waals surface area (Å²) in [6.07, 6.45) is 0. The number of fused-ring (bicyclic) bond motifs is 1. The van der Waals surface area contributed by atoms with Gasteiger partial charge < -0.3 is 9.88 Å². The van der Waals surface area contributed by atoms with E-state index in [9.17, 15) is 4.79 Å². The number of imidazole rings is 1. The van der Waals surface area contributed by atoms with Gasteiger partial charge in [-0.15, -0.1) is 0 Å². The lowest BCUT2D eigenvalue weighted by atomic mass is 9.95. The Morgan fingerprint density at radius 3 is 2.46 bits per heavy atom. The highest BCUT2D eigenvalue weighted by molar-refractivity contribution is 5.82. The zero-order valence-corrected chi connectivity index (χ0v) is 16.2. The third-order valence-corrected chi connectivity index (χ3v) is 4.69. The van der Waals surface area contributed by atoms with Crippen LogP contribution in [0.4, 0.5) is 0 Å². The molecular weight excluding hydrogens is 322 g/mol. The second kappa shape index (κ2) is 6.94. The highest BCUT2D eigenvalue weighted by Crippen LogP contribution is 2.24. The van der Waals surface area contributed by atoms with Crippen LogP contribution in [-0.2, 0) is 11.3 Å². The molecule has 3 rings (SSSR count). The van der Waals surface area contributed by atoms with Crippen LogP contribution in [0.3, 0.4) is 0 Å². The van der Waals surface area contributed by atoms with Crippen molar-refractivity contribution >= 4 is 16.9 Å². The van der Waals surface area contributed by atoms with Crippen molar-refractivity contribution in [1.82, 2.24) is 14.9 Å². The zero-order valence-electron chi connectivity index (χ0n) is 16.2. The van der Waals surface area contributed by atoms with Crippen molar-refractivity contribution in [2.75, 3.05) is 0 Å². The number of aromatic nitrogens is 2. The largest absolute Gasteiger partial charge is 0.346 e. The average Bonchev–Trinajstić information content (AvgIpc) is 2.95. The molecule has 0 aliphatic rings. The van der Waals surface area contributed by atoms with Crippen molar-refractivity contribution in [2.45, 2.75) is 47.2 Å². The van der Waals surface area contributed by atoms with Crippen LogP contribution in [0.15, 0.2) is 48.5 Å². The Labute approximate surface area is 155 Å². The van der Waals surface area contributed by atoms with Crippen LogP contribution in [0, 0.1) is 12.3 Å². The van der Waals surface area contributed by atoms with Crippen LogP contribution in [0.25, 0.3) is 11.0 Å². The molecule has 0 radical (unpaired) electrons. The van der Waals surface area contributed by atoms with Crippen LogP contribution in [0.5, 0.6) is 0 Å². The number of rotatable bonds is 4. The van der Waals surface area contributed by atoms with Gasteiger partial charge in [0.25, 0.3) is 0 Å². The van der Waals surface area contributed by atoms with Gasteiger partial charge in [0.2, 0.25) is 5.91 Å². The lowest BCUT2D eigenvalue weighted by Gasteiger charge is -2.22. The molecule has 0 unspecified atom stereocenters. The molecule has 0 saturated heterocycles. The number of nitrogens with one attached hydrogen (secondary N) is 1. The number of hydrogen-bond donors (Lipinski definition) is 1. The maximum Gasteiger partial charge on any atom is 0.225 e. The Bertz CT molecular complexity index is 934. The van der Waals surface area contributed by atoms with Gasteiger partial charge in [0, 0.05) is 12.0 Å². The summed E-state index contributed by atoms with van der Waals surface area (Å²) in [5.41, 5.74) is 4.12. The number of benzene rings is 2. The Morgan fingerprint density at radius 1 is 1.12 bits per heavy atom. The second-order valence-corrected chi connectivity index (χ2v) is 7.92. The molecule has 4 heteroatoms. The van der Waals surface area contributed by atoms with E-state index in [0.29, 0.717) is 0 Å². The summed E-state index contributed by atoms with van der Waals surface area (Å²) in [5.74, 6) is 0.909. The van der Waals surface area contributed by atoms with Gasteiger partial charge in [0.15, 0.2) is 0 Å². The molecule has 0 spiro atoms. The smallest absolute Gasteiger partial charge is 0.225 e.